The Labute approximate surface area is 180 Å². The van der Waals surface area contributed by atoms with Crippen LogP contribution in [0.5, 0.6) is 6.01 Å². The molecule has 2 heterocycles. The number of carbonyl (C=O) groups excluding carboxylic acids is 1. The number of carbonyl (C=O) groups is 1. The van der Waals surface area contributed by atoms with Crippen LogP contribution in [0.1, 0.15) is 34.8 Å². The van der Waals surface area contributed by atoms with E-state index in [9.17, 15) is 4.79 Å². The number of rotatable bonds is 7. The zero-order valence-corrected chi connectivity index (χ0v) is 18.2. The number of benzene rings is 2. The van der Waals surface area contributed by atoms with E-state index >= 15 is 0 Å². The topological polar surface area (TPSA) is 86.9 Å². The van der Waals surface area contributed by atoms with E-state index in [1.807, 2.05) is 68.8 Å². The first kappa shape index (κ1) is 20.6. The standard InChI is InChI=1S/C23H26N6O2/c1-5-17(14-31-23-27-19-8-6-7-9-20(19)28(23)4)26-22(30)18-11-10-15(2)16(3)21(18)29-24-12-13-25-29/h6-13,17H,5,14H2,1-4H3,(H,26,30). The zero-order chi connectivity index (χ0) is 22.0. The minimum atomic E-state index is -0.184. The average Bonchev–Trinajstić information content (AvgIpc) is 3.41. The van der Waals surface area contributed by atoms with Gasteiger partial charge < -0.3 is 10.1 Å². The molecule has 4 aromatic rings. The normalized spacial score (nSPS) is 12.1. The van der Waals surface area contributed by atoms with Crippen molar-refractivity contribution in [3.05, 3.63) is 65.5 Å². The summed E-state index contributed by atoms with van der Waals surface area (Å²) in [6, 6.07) is 12.0. The molecule has 0 saturated heterocycles. The average molecular weight is 419 g/mol. The van der Waals surface area contributed by atoms with Crippen LogP contribution < -0.4 is 10.1 Å². The van der Waals surface area contributed by atoms with Crippen molar-refractivity contribution in [3.8, 4) is 11.7 Å². The van der Waals surface area contributed by atoms with E-state index in [-0.39, 0.29) is 11.9 Å². The molecule has 1 N–H and O–H groups in total. The van der Waals surface area contributed by atoms with Gasteiger partial charge in [-0.2, -0.15) is 20.0 Å². The van der Waals surface area contributed by atoms with Gasteiger partial charge >= 0.3 is 0 Å². The molecule has 1 amide bonds. The lowest BCUT2D eigenvalue weighted by Gasteiger charge is -2.19. The predicted octanol–water partition coefficient (Wildman–Crippen LogP) is 3.36. The Morgan fingerprint density at radius 1 is 1.13 bits per heavy atom. The van der Waals surface area contributed by atoms with Crippen molar-refractivity contribution in [2.24, 2.45) is 7.05 Å². The van der Waals surface area contributed by atoms with Crippen LogP contribution in [0, 0.1) is 13.8 Å². The van der Waals surface area contributed by atoms with Crippen LogP contribution >= 0.6 is 0 Å². The lowest BCUT2D eigenvalue weighted by Crippen LogP contribution is -2.39. The highest BCUT2D eigenvalue weighted by Gasteiger charge is 2.21. The number of imidazole rings is 1. The number of nitrogens with one attached hydrogen (secondary N) is 1. The van der Waals surface area contributed by atoms with Crippen LogP contribution in [0.4, 0.5) is 0 Å². The largest absolute Gasteiger partial charge is 0.462 e. The smallest absolute Gasteiger partial charge is 0.297 e. The second kappa shape index (κ2) is 8.59. The molecule has 0 aliphatic rings. The summed E-state index contributed by atoms with van der Waals surface area (Å²) in [7, 11) is 1.92. The fourth-order valence-electron chi connectivity index (χ4n) is 3.53. The van der Waals surface area contributed by atoms with Gasteiger partial charge in [-0.3, -0.25) is 9.36 Å². The minimum Gasteiger partial charge on any atom is -0.462 e. The Hall–Kier alpha value is -3.68. The summed E-state index contributed by atoms with van der Waals surface area (Å²) in [5.41, 5.74) is 5.13. The van der Waals surface area contributed by atoms with Crippen molar-refractivity contribution in [3.63, 3.8) is 0 Å². The van der Waals surface area contributed by atoms with Crippen LogP contribution in [-0.4, -0.2) is 43.1 Å². The van der Waals surface area contributed by atoms with Gasteiger partial charge in [0, 0.05) is 7.05 Å². The molecule has 0 spiro atoms. The van der Waals surface area contributed by atoms with Gasteiger partial charge in [-0.1, -0.05) is 25.1 Å². The number of nitrogens with zero attached hydrogens (tertiary/aromatic N) is 5. The van der Waals surface area contributed by atoms with Crippen molar-refractivity contribution < 1.29 is 9.53 Å². The Kier molecular flexibility index (Phi) is 5.70. The fraction of sp³-hybridized carbons (Fsp3) is 0.304. The molecule has 8 nitrogen and oxygen atoms in total. The quantitative estimate of drug-likeness (QED) is 0.497. The third kappa shape index (κ3) is 4.01. The van der Waals surface area contributed by atoms with E-state index in [2.05, 4.69) is 20.5 Å². The van der Waals surface area contributed by atoms with Gasteiger partial charge in [0.15, 0.2) is 0 Å². The predicted molar refractivity (Wildman–Crippen MR) is 119 cm³/mol. The van der Waals surface area contributed by atoms with Gasteiger partial charge in [-0.15, -0.1) is 0 Å². The number of ether oxygens (including phenoxy) is 1. The molecule has 1 unspecified atom stereocenters. The molecule has 160 valence electrons. The van der Waals surface area contributed by atoms with E-state index in [1.54, 1.807) is 12.4 Å². The molecule has 0 bridgehead atoms. The fourth-order valence-corrected chi connectivity index (χ4v) is 3.53. The van der Waals surface area contributed by atoms with E-state index in [0.29, 0.717) is 23.9 Å². The van der Waals surface area contributed by atoms with Gasteiger partial charge in [0.2, 0.25) is 0 Å². The summed E-state index contributed by atoms with van der Waals surface area (Å²) in [6.07, 6.45) is 3.92. The van der Waals surface area contributed by atoms with Crippen molar-refractivity contribution in [1.82, 2.24) is 29.9 Å². The molecule has 0 aliphatic carbocycles. The number of aryl methyl sites for hydroxylation is 2. The number of hydrogen-bond acceptors (Lipinski definition) is 5. The maximum Gasteiger partial charge on any atom is 0.297 e. The van der Waals surface area contributed by atoms with Crippen LogP contribution in [0.2, 0.25) is 0 Å². The van der Waals surface area contributed by atoms with Gasteiger partial charge in [0.25, 0.3) is 11.9 Å². The van der Waals surface area contributed by atoms with Crippen LogP contribution in [-0.2, 0) is 7.05 Å². The number of para-hydroxylation sites is 2. The summed E-state index contributed by atoms with van der Waals surface area (Å²) < 4.78 is 7.88. The third-order valence-corrected chi connectivity index (χ3v) is 5.55. The summed E-state index contributed by atoms with van der Waals surface area (Å²) in [5.74, 6) is -0.184. The number of amides is 1. The molecule has 4 rings (SSSR count). The number of fused-ring (bicyclic) bond motifs is 1. The maximum absolute atomic E-state index is 13.2. The van der Waals surface area contributed by atoms with Crippen LogP contribution in [0.15, 0.2) is 48.8 Å². The van der Waals surface area contributed by atoms with E-state index < -0.39 is 0 Å². The SMILES string of the molecule is CCC(COc1nc2ccccc2n1C)NC(=O)c1ccc(C)c(C)c1-n1nccn1. The second-order valence-corrected chi connectivity index (χ2v) is 7.55. The molecule has 31 heavy (non-hydrogen) atoms. The first-order chi connectivity index (χ1) is 15.0. The van der Waals surface area contributed by atoms with Gasteiger partial charge in [0.1, 0.15) is 12.3 Å². The third-order valence-electron chi connectivity index (χ3n) is 5.55. The van der Waals surface area contributed by atoms with E-state index in [4.69, 9.17) is 4.74 Å². The lowest BCUT2D eigenvalue weighted by atomic mass is 10.0. The van der Waals surface area contributed by atoms with Gasteiger partial charge in [0.05, 0.1) is 35.0 Å². The molecule has 0 fully saturated rings. The highest BCUT2D eigenvalue weighted by molar-refractivity contribution is 5.98. The Morgan fingerprint density at radius 2 is 1.87 bits per heavy atom. The summed E-state index contributed by atoms with van der Waals surface area (Å²) in [4.78, 5) is 19.2. The van der Waals surface area contributed by atoms with Gasteiger partial charge in [-0.05, 0) is 49.6 Å². The summed E-state index contributed by atoms with van der Waals surface area (Å²) >= 11 is 0. The molecule has 8 heteroatoms. The Morgan fingerprint density at radius 3 is 2.58 bits per heavy atom. The summed E-state index contributed by atoms with van der Waals surface area (Å²) in [5, 5.41) is 11.5. The molecular formula is C23H26N6O2. The molecule has 1 atom stereocenters. The van der Waals surface area contributed by atoms with Gasteiger partial charge in [-0.25, -0.2) is 0 Å². The van der Waals surface area contributed by atoms with E-state index in [1.165, 1.54) is 4.80 Å². The van der Waals surface area contributed by atoms with Crippen LogP contribution in [0.3, 0.4) is 0 Å². The first-order valence-electron chi connectivity index (χ1n) is 10.3. The summed E-state index contributed by atoms with van der Waals surface area (Å²) in [6.45, 7) is 6.31. The van der Waals surface area contributed by atoms with Crippen molar-refractivity contribution in [1.29, 1.82) is 0 Å². The lowest BCUT2D eigenvalue weighted by molar-refractivity contribution is 0.0917. The number of hydrogen-bond donors (Lipinski definition) is 1. The van der Waals surface area contributed by atoms with E-state index in [0.717, 1.165) is 28.6 Å². The second-order valence-electron chi connectivity index (χ2n) is 7.55. The maximum atomic E-state index is 13.2. The highest BCUT2D eigenvalue weighted by Crippen LogP contribution is 2.22. The van der Waals surface area contributed by atoms with Crippen molar-refractivity contribution >= 4 is 16.9 Å². The molecule has 0 saturated carbocycles. The zero-order valence-electron chi connectivity index (χ0n) is 18.2. The monoisotopic (exact) mass is 418 g/mol. The Bertz CT molecular complexity index is 1210. The molecular weight excluding hydrogens is 392 g/mol. The van der Waals surface area contributed by atoms with Crippen LogP contribution in [0.25, 0.3) is 16.7 Å². The molecule has 2 aromatic carbocycles. The molecule has 0 aliphatic heterocycles. The number of aromatic nitrogens is 5. The highest BCUT2D eigenvalue weighted by atomic mass is 16.5. The van der Waals surface area contributed by atoms with Crippen molar-refractivity contribution in [2.75, 3.05) is 6.61 Å². The minimum absolute atomic E-state index is 0.174. The van der Waals surface area contributed by atoms with Crippen molar-refractivity contribution in [2.45, 2.75) is 33.2 Å². The first-order valence-corrected chi connectivity index (χ1v) is 10.3. The molecule has 2 aromatic heterocycles. The molecule has 0 radical (unpaired) electrons. The Balaban J connectivity index is 1.52.